The third-order valence-electron chi connectivity index (χ3n) is 5.15. The topological polar surface area (TPSA) is 37.8 Å². The van der Waals surface area contributed by atoms with Crippen LogP contribution in [0.2, 0.25) is 0 Å². The highest BCUT2D eigenvalue weighted by Gasteiger charge is 2.33. The first-order valence-electron chi connectivity index (χ1n) is 9.14. The standard InChI is InChI=1S/C21H15F6N3/c22-16-3-1-2-13(20(16)24)12-8-9-28-10-15-11(12)4-5-14(19(15)23)17-6-7-18(30-29-17)21(25,26)27/h1-7,12,28H,8-10H2. The Labute approximate surface area is 167 Å². The van der Waals surface area contributed by atoms with E-state index in [4.69, 9.17) is 0 Å². The van der Waals surface area contributed by atoms with Crippen LogP contribution >= 0.6 is 0 Å². The highest BCUT2D eigenvalue weighted by molar-refractivity contribution is 5.62. The molecule has 0 radical (unpaired) electrons. The number of aromatic nitrogens is 2. The summed E-state index contributed by atoms with van der Waals surface area (Å²) >= 11 is 0. The Kier molecular flexibility index (Phi) is 5.23. The second-order valence-electron chi connectivity index (χ2n) is 6.96. The van der Waals surface area contributed by atoms with Gasteiger partial charge in [0.1, 0.15) is 5.82 Å². The Hall–Kier alpha value is -2.94. The van der Waals surface area contributed by atoms with Crippen LogP contribution in [0.5, 0.6) is 0 Å². The van der Waals surface area contributed by atoms with Gasteiger partial charge in [-0.15, -0.1) is 10.2 Å². The normalized spacial score (nSPS) is 16.8. The van der Waals surface area contributed by atoms with Crippen LogP contribution in [0.3, 0.4) is 0 Å². The molecule has 0 spiro atoms. The molecule has 156 valence electrons. The third-order valence-corrected chi connectivity index (χ3v) is 5.15. The van der Waals surface area contributed by atoms with Crippen molar-refractivity contribution in [1.29, 1.82) is 0 Å². The Balaban J connectivity index is 1.79. The van der Waals surface area contributed by atoms with Crippen LogP contribution in [0.15, 0.2) is 42.5 Å². The van der Waals surface area contributed by atoms with E-state index in [0.29, 0.717) is 18.5 Å². The summed E-state index contributed by atoms with van der Waals surface area (Å²) < 4.78 is 81.5. The van der Waals surface area contributed by atoms with E-state index in [0.717, 1.165) is 18.2 Å². The van der Waals surface area contributed by atoms with E-state index in [1.54, 1.807) is 6.07 Å². The Morgan fingerprint density at radius 3 is 2.37 bits per heavy atom. The molecule has 0 fully saturated rings. The van der Waals surface area contributed by atoms with Crippen molar-refractivity contribution >= 4 is 0 Å². The minimum absolute atomic E-state index is 0.0165. The van der Waals surface area contributed by atoms with Crippen LogP contribution < -0.4 is 5.32 Å². The maximum atomic E-state index is 15.3. The zero-order chi connectivity index (χ0) is 21.5. The van der Waals surface area contributed by atoms with Crippen LogP contribution in [0, 0.1) is 17.5 Å². The molecule has 2 aromatic carbocycles. The molecule has 0 amide bonds. The minimum atomic E-state index is -4.65. The fraction of sp³-hybridized carbons (Fsp3) is 0.238. The molecule has 4 rings (SSSR count). The SMILES string of the molecule is Fc1cccc(C2CCNCc3c2ccc(-c2ccc(C(F)(F)F)nn2)c3F)c1F. The predicted octanol–water partition coefficient (Wildman–Crippen LogP) is 5.20. The zero-order valence-corrected chi connectivity index (χ0v) is 15.4. The number of fused-ring (bicyclic) bond motifs is 1. The van der Waals surface area contributed by atoms with Gasteiger partial charge in [0, 0.05) is 23.6 Å². The molecule has 30 heavy (non-hydrogen) atoms. The van der Waals surface area contributed by atoms with Gasteiger partial charge in [-0.3, -0.25) is 0 Å². The monoisotopic (exact) mass is 423 g/mol. The summed E-state index contributed by atoms with van der Waals surface area (Å²) in [6, 6.07) is 8.61. The van der Waals surface area contributed by atoms with Crippen molar-refractivity contribution in [3.05, 3.63) is 82.3 Å². The maximum Gasteiger partial charge on any atom is 0.435 e. The first-order chi connectivity index (χ1) is 14.3. The highest BCUT2D eigenvalue weighted by atomic mass is 19.4. The molecule has 1 aliphatic rings. The van der Waals surface area contributed by atoms with Gasteiger partial charge >= 0.3 is 6.18 Å². The van der Waals surface area contributed by atoms with Gasteiger partial charge in [0.15, 0.2) is 17.3 Å². The summed E-state index contributed by atoms with van der Waals surface area (Å²) in [5.41, 5.74) is -0.393. The molecule has 1 N–H and O–H groups in total. The van der Waals surface area contributed by atoms with Gasteiger partial charge in [-0.1, -0.05) is 18.2 Å². The summed E-state index contributed by atoms with van der Waals surface area (Å²) in [7, 11) is 0. The molecule has 0 saturated carbocycles. The van der Waals surface area contributed by atoms with Crippen LogP contribution in [0.4, 0.5) is 26.3 Å². The molecular weight excluding hydrogens is 408 g/mol. The Morgan fingerprint density at radius 1 is 0.867 bits per heavy atom. The first-order valence-corrected chi connectivity index (χ1v) is 9.14. The van der Waals surface area contributed by atoms with Crippen molar-refractivity contribution in [1.82, 2.24) is 15.5 Å². The molecule has 0 saturated heterocycles. The van der Waals surface area contributed by atoms with Gasteiger partial charge < -0.3 is 5.32 Å². The Bertz CT molecular complexity index is 1080. The molecule has 1 aromatic heterocycles. The molecule has 0 bridgehead atoms. The van der Waals surface area contributed by atoms with Crippen LogP contribution in [0.25, 0.3) is 11.3 Å². The molecule has 3 aromatic rings. The van der Waals surface area contributed by atoms with Gasteiger partial charge in [-0.05, 0) is 48.4 Å². The van der Waals surface area contributed by atoms with E-state index in [2.05, 4.69) is 15.5 Å². The molecule has 3 nitrogen and oxygen atoms in total. The number of alkyl halides is 3. The van der Waals surface area contributed by atoms with Crippen molar-refractivity contribution < 1.29 is 26.3 Å². The van der Waals surface area contributed by atoms with E-state index >= 15 is 4.39 Å². The van der Waals surface area contributed by atoms with Crippen molar-refractivity contribution in [2.45, 2.75) is 25.1 Å². The number of nitrogens with one attached hydrogen (secondary N) is 1. The number of benzene rings is 2. The summed E-state index contributed by atoms with van der Waals surface area (Å²) in [6.07, 6.45) is -4.23. The van der Waals surface area contributed by atoms with Crippen molar-refractivity contribution in [2.24, 2.45) is 0 Å². The molecule has 9 heteroatoms. The summed E-state index contributed by atoms with van der Waals surface area (Å²) in [5, 5.41) is 9.69. The predicted molar refractivity (Wildman–Crippen MR) is 97.0 cm³/mol. The average molecular weight is 423 g/mol. The van der Waals surface area contributed by atoms with Crippen LogP contribution in [-0.2, 0) is 12.7 Å². The van der Waals surface area contributed by atoms with E-state index in [1.807, 2.05) is 0 Å². The largest absolute Gasteiger partial charge is 0.435 e. The average Bonchev–Trinajstić information content (AvgIpc) is 2.93. The lowest BCUT2D eigenvalue weighted by molar-refractivity contribution is -0.141. The minimum Gasteiger partial charge on any atom is -0.313 e. The number of hydrogen-bond acceptors (Lipinski definition) is 3. The number of hydrogen-bond donors (Lipinski definition) is 1. The molecule has 1 unspecified atom stereocenters. The summed E-state index contributed by atoms with van der Waals surface area (Å²) in [6.45, 7) is 0.584. The fourth-order valence-corrected chi connectivity index (χ4v) is 3.70. The van der Waals surface area contributed by atoms with Crippen LogP contribution in [0.1, 0.15) is 34.7 Å². The summed E-state index contributed by atoms with van der Waals surface area (Å²) in [4.78, 5) is 0. The molecule has 1 atom stereocenters. The van der Waals surface area contributed by atoms with Gasteiger partial charge in [-0.2, -0.15) is 13.2 Å². The van der Waals surface area contributed by atoms with Crippen molar-refractivity contribution in [3.63, 3.8) is 0 Å². The summed E-state index contributed by atoms with van der Waals surface area (Å²) in [5.74, 6) is -3.22. The second kappa shape index (κ2) is 7.71. The van der Waals surface area contributed by atoms with E-state index in [1.165, 1.54) is 18.2 Å². The molecule has 2 heterocycles. The zero-order valence-electron chi connectivity index (χ0n) is 15.4. The number of nitrogens with zero attached hydrogens (tertiary/aromatic N) is 2. The first kappa shape index (κ1) is 20.3. The van der Waals surface area contributed by atoms with E-state index in [-0.39, 0.29) is 28.9 Å². The van der Waals surface area contributed by atoms with Gasteiger partial charge in [0.2, 0.25) is 0 Å². The fourth-order valence-electron chi connectivity index (χ4n) is 3.70. The maximum absolute atomic E-state index is 15.3. The molecule has 1 aliphatic heterocycles. The lowest BCUT2D eigenvalue weighted by atomic mass is 9.85. The molecule has 0 aliphatic carbocycles. The quantitative estimate of drug-likeness (QED) is 0.576. The number of rotatable bonds is 2. The second-order valence-corrected chi connectivity index (χ2v) is 6.96. The number of halogens is 6. The highest BCUT2D eigenvalue weighted by Crippen LogP contribution is 2.37. The smallest absolute Gasteiger partial charge is 0.313 e. The van der Waals surface area contributed by atoms with Crippen molar-refractivity contribution in [3.8, 4) is 11.3 Å². The van der Waals surface area contributed by atoms with Gasteiger partial charge in [0.25, 0.3) is 0 Å². The van der Waals surface area contributed by atoms with Crippen LogP contribution in [-0.4, -0.2) is 16.7 Å². The van der Waals surface area contributed by atoms with E-state index in [9.17, 15) is 22.0 Å². The lowest BCUT2D eigenvalue weighted by Gasteiger charge is -2.20. The van der Waals surface area contributed by atoms with Gasteiger partial charge in [0.05, 0.1) is 5.69 Å². The van der Waals surface area contributed by atoms with Crippen molar-refractivity contribution in [2.75, 3.05) is 6.54 Å². The molecular formula is C21H15F6N3. The lowest BCUT2D eigenvalue weighted by Crippen LogP contribution is -2.13. The van der Waals surface area contributed by atoms with E-state index < -0.39 is 35.2 Å². The van der Waals surface area contributed by atoms with Gasteiger partial charge in [-0.25, -0.2) is 13.2 Å². The third kappa shape index (κ3) is 3.65. The Morgan fingerprint density at radius 2 is 1.67 bits per heavy atom.